The molecule has 0 unspecified atom stereocenters. The Morgan fingerprint density at radius 2 is 1.79 bits per heavy atom. The second kappa shape index (κ2) is 13.0. The quantitative estimate of drug-likeness (QED) is 0.330. The number of amides is 1. The highest BCUT2D eigenvalue weighted by Crippen LogP contribution is 2.25. The minimum atomic E-state index is -0.153. The number of allylic oxidation sites excluding steroid dienone is 4. The number of benzene rings is 1. The summed E-state index contributed by atoms with van der Waals surface area (Å²) in [4.78, 5) is 14.4. The fourth-order valence-electron chi connectivity index (χ4n) is 3.24. The lowest BCUT2D eigenvalue weighted by molar-refractivity contribution is -0.122. The lowest BCUT2D eigenvalue weighted by Crippen LogP contribution is -2.40. The number of carbonyl (C=O) groups excluding carboxylic acids is 1. The fourth-order valence-corrected chi connectivity index (χ4v) is 3.24. The minimum Gasteiger partial charge on any atom is -0.371 e. The van der Waals surface area contributed by atoms with E-state index < -0.39 is 0 Å². The summed E-state index contributed by atoms with van der Waals surface area (Å²) >= 11 is 0. The third-order valence-corrected chi connectivity index (χ3v) is 4.56. The molecule has 1 N–H and O–H groups in total. The van der Waals surface area contributed by atoms with Crippen LogP contribution < -0.4 is 5.32 Å². The SMILES string of the molecule is C=C(/C(=C\C=C/C)N(CCC)CCCCCC(=O)NC(C)(C)C)c1ccccc1. The highest BCUT2D eigenvalue weighted by Gasteiger charge is 2.14. The van der Waals surface area contributed by atoms with E-state index in [1.54, 1.807) is 0 Å². The predicted octanol–water partition coefficient (Wildman–Crippen LogP) is 6.35. The van der Waals surface area contributed by atoms with Gasteiger partial charge in [-0.05, 0) is 64.2 Å². The monoisotopic (exact) mass is 396 g/mol. The first-order valence-electron chi connectivity index (χ1n) is 10.9. The average molecular weight is 397 g/mol. The Morgan fingerprint density at radius 1 is 1.10 bits per heavy atom. The third-order valence-electron chi connectivity index (χ3n) is 4.56. The molecule has 0 radical (unpaired) electrons. The molecule has 0 saturated heterocycles. The molecule has 1 aromatic rings. The Bertz CT molecular complexity index is 680. The number of unbranched alkanes of at least 4 members (excludes halogenated alkanes) is 2. The van der Waals surface area contributed by atoms with E-state index in [0.717, 1.165) is 49.9 Å². The van der Waals surface area contributed by atoms with Gasteiger partial charge in [-0.1, -0.05) is 62.4 Å². The summed E-state index contributed by atoms with van der Waals surface area (Å²) in [5, 5.41) is 3.04. The van der Waals surface area contributed by atoms with E-state index in [2.05, 4.69) is 66.2 Å². The highest BCUT2D eigenvalue weighted by molar-refractivity contribution is 5.77. The van der Waals surface area contributed by atoms with Crippen LogP contribution in [0.1, 0.15) is 72.3 Å². The Kier molecular flexibility index (Phi) is 11.1. The Labute approximate surface area is 178 Å². The second-order valence-corrected chi connectivity index (χ2v) is 8.52. The first kappa shape index (κ1) is 24.7. The Hall–Kier alpha value is -2.29. The first-order valence-corrected chi connectivity index (χ1v) is 10.9. The molecule has 0 spiro atoms. The zero-order valence-corrected chi connectivity index (χ0v) is 19.1. The van der Waals surface area contributed by atoms with Crippen LogP contribution >= 0.6 is 0 Å². The molecule has 0 aliphatic heterocycles. The maximum Gasteiger partial charge on any atom is 0.220 e. The number of carbonyl (C=O) groups is 1. The van der Waals surface area contributed by atoms with E-state index in [-0.39, 0.29) is 11.4 Å². The van der Waals surface area contributed by atoms with Crippen molar-refractivity contribution in [2.45, 2.75) is 72.3 Å². The van der Waals surface area contributed by atoms with Gasteiger partial charge >= 0.3 is 0 Å². The number of nitrogens with one attached hydrogen (secondary N) is 1. The van der Waals surface area contributed by atoms with Gasteiger partial charge in [0.25, 0.3) is 0 Å². The smallest absolute Gasteiger partial charge is 0.220 e. The Balaban J connectivity index is 2.69. The zero-order valence-electron chi connectivity index (χ0n) is 19.1. The van der Waals surface area contributed by atoms with E-state index in [0.29, 0.717) is 6.42 Å². The molecule has 1 amide bonds. The van der Waals surface area contributed by atoms with Crippen molar-refractivity contribution in [3.05, 3.63) is 66.4 Å². The second-order valence-electron chi connectivity index (χ2n) is 8.52. The molecule has 0 aliphatic carbocycles. The summed E-state index contributed by atoms with van der Waals surface area (Å²) in [5.74, 6) is 0.147. The van der Waals surface area contributed by atoms with Crippen molar-refractivity contribution in [3.8, 4) is 0 Å². The van der Waals surface area contributed by atoms with Gasteiger partial charge < -0.3 is 10.2 Å². The zero-order chi connectivity index (χ0) is 21.7. The van der Waals surface area contributed by atoms with Gasteiger partial charge in [-0.15, -0.1) is 0 Å². The molecule has 0 aliphatic rings. The van der Waals surface area contributed by atoms with Gasteiger partial charge in [0.15, 0.2) is 0 Å². The molecule has 0 atom stereocenters. The summed E-state index contributed by atoms with van der Waals surface area (Å²) in [6, 6.07) is 10.4. The summed E-state index contributed by atoms with van der Waals surface area (Å²) in [5.41, 5.74) is 3.24. The molecule has 0 bridgehead atoms. The third kappa shape index (κ3) is 10.2. The van der Waals surface area contributed by atoms with Crippen molar-refractivity contribution in [1.29, 1.82) is 0 Å². The van der Waals surface area contributed by atoms with E-state index >= 15 is 0 Å². The molecule has 3 nitrogen and oxygen atoms in total. The van der Waals surface area contributed by atoms with Crippen molar-refractivity contribution in [1.82, 2.24) is 10.2 Å². The fraction of sp³-hybridized carbons (Fsp3) is 0.500. The molecule has 0 heterocycles. The van der Waals surface area contributed by atoms with E-state index in [1.165, 1.54) is 5.70 Å². The minimum absolute atomic E-state index is 0.147. The topological polar surface area (TPSA) is 32.3 Å². The molecule has 0 fully saturated rings. The summed E-state index contributed by atoms with van der Waals surface area (Å²) in [7, 11) is 0. The number of hydrogen-bond donors (Lipinski definition) is 1. The molecule has 3 heteroatoms. The maximum absolute atomic E-state index is 12.0. The van der Waals surface area contributed by atoms with Crippen LogP contribution in [0, 0.1) is 0 Å². The van der Waals surface area contributed by atoms with Gasteiger partial charge in [0.05, 0.1) is 0 Å². The van der Waals surface area contributed by atoms with Gasteiger partial charge in [0, 0.05) is 30.7 Å². The van der Waals surface area contributed by atoms with Crippen LogP contribution in [-0.4, -0.2) is 29.4 Å². The van der Waals surface area contributed by atoms with E-state index in [1.807, 2.05) is 33.8 Å². The number of rotatable bonds is 12. The maximum atomic E-state index is 12.0. The standard InChI is InChI=1S/C26H40N2O/c1-7-9-18-24(22(3)23-16-12-10-13-17-23)28(20-8-2)21-15-11-14-19-25(29)27-26(4,5)6/h7,9-10,12-13,16-18H,3,8,11,14-15,19-21H2,1-2,4-6H3,(H,27,29)/b9-7-,24-18+. The van der Waals surface area contributed by atoms with Crippen LogP contribution in [0.5, 0.6) is 0 Å². The van der Waals surface area contributed by atoms with Gasteiger partial charge in [0.1, 0.15) is 0 Å². The number of nitrogens with zero attached hydrogens (tertiary/aromatic N) is 1. The lowest BCUT2D eigenvalue weighted by atomic mass is 10.0. The molecule has 1 aromatic carbocycles. The normalized spacial score (nSPS) is 12.2. The van der Waals surface area contributed by atoms with E-state index in [9.17, 15) is 4.79 Å². The predicted molar refractivity (Wildman–Crippen MR) is 127 cm³/mol. The summed E-state index contributed by atoms with van der Waals surface area (Å²) < 4.78 is 0. The van der Waals surface area contributed by atoms with Gasteiger partial charge in [0.2, 0.25) is 5.91 Å². The van der Waals surface area contributed by atoms with Crippen molar-refractivity contribution in [3.63, 3.8) is 0 Å². The first-order chi connectivity index (χ1) is 13.8. The van der Waals surface area contributed by atoms with Crippen molar-refractivity contribution in [2.24, 2.45) is 0 Å². The van der Waals surface area contributed by atoms with Crippen molar-refractivity contribution < 1.29 is 4.79 Å². The Morgan fingerprint density at radius 3 is 2.38 bits per heavy atom. The summed E-state index contributed by atoms with van der Waals surface area (Å²) in [6.07, 6.45) is 11.0. The van der Waals surface area contributed by atoms with Crippen LogP contribution in [-0.2, 0) is 4.79 Å². The number of hydrogen-bond acceptors (Lipinski definition) is 2. The highest BCUT2D eigenvalue weighted by atomic mass is 16.1. The molecule has 29 heavy (non-hydrogen) atoms. The molecular formula is C26H40N2O. The van der Waals surface area contributed by atoms with Crippen LogP contribution in [0.25, 0.3) is 5.57 Å². The van der Waals surface area contributed by atoms with Crippen molar-refractivity contribution >= 4 is 11.5 Å². The van der Waals surface area contributed by atoms with Crippen LogP contribution in [0.15, 0.2) is 60.8 Å². The largest absolute Gasteiger partial charge is 0.371 e. The summed E-state index contributed by atoms with van der Waals surface area (Å²) in [6.45, 7) is 16.7. The molecule has 160 valence electrons. The van der Waals surface area contributed by atoms with Gasteiger partial charge in [-0.25, -0.2) is 0 Å². The van der Waals surface area contributed by atoms with Crippen LogP contribution in [0.4, 0.5) is 0 Å². The lowest BCUT2D eigenvalue weighted by Gasteiger charge is -2.29. The van der Waals surface area contributed by atoms with Gasteiger partial charge in [-0.3, -0.25) is 4.79 Å². The average Bonchev–Trinajstić information content (AvgIpc) is 2.67. The molecule has 1 rings (SSSR count). The van der Waals surface area contributed by atoms with Crippen LogP contribution in [0.3, 0.4) is 0 Å². The molecule has 0 aromatic heterocycles. The van der Waals surface area contributed by atoms with Crippen LogP contribution in [0.2, 0.25) is 0 Å². The van der Waals surface area contributed by atoms with Crippen molar-refractivity contribution in [2.75, 3.05) is 13.1 Å². The van der Waals surface area contributed by atoms with E-state index in [4.69, 9.17) is 0 Å². The van der Waals surface area contributed by atoms with Gasteiger partial charge in [-0.2, -0.15) is 0 Å². The molecular weight excluding hydrogens is 356 g/mol. The molecule has 0 saturated carbocycles.